The lowest BCUT2D eigenvalue weighted by atomic mass is 9.80. The van der Waals surface area contributed by atoms with Crippen molar-refractivity contribution in [2.24, 2.45) is 0 Å². The Morgan fingerprint density at radius 1 is 0.923 bits per heavy atom. The van der Waals surface area contributed by atoms with E-state index >= 15 is 0 Å². The molecule has 0 saturated carbocycles. The maximum atomic E-state index is 7.57. The van der Waals surface area contributed by atoms with Crippen LogP contribution in [0.4, 0.5) is 0 Å². The highest BCUT2D eigenvalue weighted by Gasteiger charge is 2.23. The molecule has 0 amide bonds. The first-order valence-corrected chi connectivity index (χ1v) is 9.38. The largest absolute Gasteiger partial charge is 0.469 e. The first kappa shape index (κ1) is 16.9. The minimum atomic E-state index is 0.250. The monoisotopic (exact) mass is 344 g/mol. The molecule has 2 nitrogen and oxygen atoms in total. The average molecular weight is 344 g/mol. The third-order valence-corrected chi connectivity index (χ3v) is 5.29. The van der Waals surface area contributed by atoms with Crippen molar-refractivity contribution in [1.82, 2.24) is 0 Å². The van der Waals surface area contributed by atoms with Gasteiger partial charge in [-0.25, -0.2) is 0 Å². The normalized spacial score (nSPS) is 16.2. The van der Waals surface area contributed by atoms with Gasteiger partial charge in [0.2, 0.25) is 0 Å². The fourth-order valence-corrected chi connectivity index (χ4v) is 4.13. The number of fused-ring (bicyclic) bond motifs is 5. The summed E-state index contributed by atoms with van der Waals surface area (Å²) in [6.07, 6.45) is 5.19. The molecule has 132 valence electrons. The molecule has 1 heterocycles. The zero-order chi connectivity index (χ0) is 17.9. The SMILES string of the molecule is CCO.c1coc(C2CCc3c(ccc4c3ccc3ccccc34)C2)c1. The van der Waals surface area contributed by atoms with E-state index in [0.29, 0.717) is 5.92 Å². The van der Waals surface area contributed by atoms with Crippen LogP contribution < -0.4 is 0 Å². The molecule has 1 aliphatic carbocycles. The quantitative estimate of drug-likeness (QED) is 0.439. The van der Waals surface area contributed by atoms with Crippen LogP contribution in [0.5, 0.6) is 0 Å². The van der Waals surface area contributed by atoms with E-state index in [1.807, 2.05) is 6.07 Å². The Bertz CT molecular complexity index is 1020. The van der Waals surface area contributed by atoms with Gasteiger partial charge in [0.05, 0.1) is 6.26 Å². The molecule has 0 bridgehead atoms. The van der Waals surface area contributed by atoms with Gasteiger partial charge in [-0.2, -0.15) is 0 Å². The van der Waals surface area contributed by atoms with E-state index in [-0.39, 0.29) is 6.61 Å². The summed E-state index contributed by atoms with van der Waals surface area (Å²) in [5, 5.41) is 13.1. The molecule has 1 N–H and O–H groups in total. The van der Waals surface area contributed by atoms with Gasteiger partial charge in [-0.3, -0.25) is 0 Å². The molecule has 0 saturated heterocycles. The number of aryl methyl sites for hydroxylation is 1. The van der Waals surface area contributed by atoms with E-state index in [1.54, 1.807) is 13.2 Å². The van der Waals surface area contributed by atoms with E-state index in [9.17, 15) is 0 Å². The van der Waals surface area contributed by atoms with E-state index in [4.69, 9.17) is 9.52 Å². The number of aliphatic hydroxyl groups excluding tert-OH is 1. The highest BCUT2D eigenvalue weighted by atomic mass is 16.3. The molecule has 1 atom stereocenters. The van der Waals surface area contributed by atoms with Gasteiger partial charge in [-0.1, -0.05) is 48.5 Å². The molecule has 1 aliphatic rings. The maximum absolute atomic E-state index is 7.57. The standard InChI is InChI=1S/C22H18O.C2H6O/c1-2-5-18-15(4-1)7-11-21-19-10-9-17(22-6-3-13-23-22)14-16(19)8-12-20(18)21;1-2-3/h1-8,11-13,17H,9-10,14H2;3H,2H2,1H3. The molecule has 1 aromatic heterocycles. The molecule has 2 heteroatoms. The van der Waals surface area contributed by atoms with Crippen LogP contribution in [0.1, 0.15) is 36.1 Å². The summed E-state index contributed by atoms with van der Waals surface area (Å²) in [6.45, 7) is 1.93. The van der Waals surface area contributed by atoms with Crippen LogP contribution in [-0.2, 0) is 12.8 Å². The van der Waals surface area contributed by atoms with Gasteiger partial charge in [0.25, 0.3) is 0 Å². The van der Waals surface area contributed by atoms with E-state index in [0.717, 1.165) is 18.6 Å². The van der Waals surface area contributed by atoms with Crippen molar-refractivity contribution in [2.75, 3.05) is 6.61 Å². The van der Waals surface area contributed by atoms with Gasteiger partial charge in [-0.15, -0.1) is 0 Å². The molecule has 0 radical (unpaired) electrons. The van der Waals surface area contributed by atoms with Crippen molar-refractivity contribution in [1.29, 1.82) is 0 Å². The van der Waals surface area contributed by atoms with E-state index in [2.05, 4.69) is 54.6 Å². The van der Waals surface area contributed by atoms with Gasteiger partial charge in [0.1, 0.15) is 5.76 Å². The molecule has 0 fully saturated rings. The summed E-state index contributed by atoms with van der Waals surface area (Å²) < 4.78 is 5.63. The minimum Gasteiger partial charge on any atom is -0.469 e. The second-order valence-electron chi connectivity index (χ2n) is 6.86. The summed E-state index contributed by atoms with van der Waals surface area (Å²) >= 11 is 0. The first-order valence-electron chi connectivity index (χ1n) is 9.38. The number of benzene rings is 3. The van der Waals surface area contributed by atoms with Crippen molar-refractivity contribution in [3.63, 3.8) is 0 Å². The zero-order valence-electron chi connectivity index (χ0n) is 15.1. The zero-order valence-corrected chi connectivity index (χ0v) is 15.1. The molecule has 0 aliphatic heterocycles. The van der Waals surface area contributed by atoms with E-state index < -0.39 is 0 Å². The van der Waals surface area contributed by atoms with Gasteiger partial charge in [0, 0.05) is 12.5 Å². The van der Waals surface area contributed by atoms with Crippen LogP contribution in [0.3, 0.4) is 0 Å². The Morgan fingerprint density at radius 2 is 1.73 bits per heavy atom. The molecule has 26 heavy (non-hydrogen) atoms. The van der Waals surface area contributed by atoms with Crippen molar-refractivity contribution in [3.8, 4) is 0 Å². The van der Waals surface area contributed by atoms with Gasteiger partial charge >= 0.3 is 0 Å². The van der Waals surface area contributed by atoms with Gasteiger partial charge < -0.3 is 9.52 Å². The number of rotatable bonds is 1. The van der Waals surface area contributed by atoms with Crippen LogP contribution in [0.15, 0.2) is 71.3 Å². The summed E-state index contributed by atoms with van der Waals surface area (Å²) in [6, 6.07) is 22.0. The molecule has 4 aromatic rings. The van der Waals surface area contributed by atoms with Crippen molar-refractivity contribution >= 4 is 21.5 Å². The van der Waals surface area contributed by atoms with Crippen molar-refractivity contribution in [3.05, 3.63) is 83.8 Å². The highest BCUT2D eigenvalue weighted by molar-refractivity contribution is 6.08. The predicted octanol–water partition coefficient (Wildman–Crippen LogP) is 5.86. The molecule has 0 spiro atoms. The third kappa shape index (κ3) is 3.02. The lowest BCUT2D eigenvalue weighted by Crippen LogP contribution is -2.12. The minimum absolute atomic E-state index is 0.250. The van der Waals surface area contributed by atoms with Crippen LogP contribution in [0.25, 0.3) is 21.5 Å². The summed E-state index contributed by atoms with van der Waals surface area (Å²) in [5.41, 5.74) is 3.02. The second-order valence-corrected chi connectivity index (χ2v) is 6.86. The summed E-state index contributed by atoms with van der Waals surface area (Å²) in [5.74, 6) is 1.66. The van der Waals surface area contributed by atoms with Crippen molar-refractivity contribution < 1.29 is 9.52 Å². The number of aliphatic hydroxyl groups is 1. The maximum Gasteiger partial charge on any atom is 0.107 e. The third-order valence-electron chi connectivity index (χ3n) is 5.29. The molecule has 3 aromatic carbocycles. The Balaban J connectivity index is 0.000000527. The van der Waals surface area contributed by atoms with Crippen LogP contribution in [-0.4, -0.2) is 11.7 Å². The van der Waals surface area contributed by atoms with Crippen molar-refractivity contribution in [2.45, 2.75) is 32.1 Å². The number of furan rings is 1. The molecular weight excluding hydrogens is 320 g/mol. The molecule has 1 unspecified atom stereocenters. The van der Waals surface area contributed by atoms with Crippen LogP contribution in [0.2, 0.25) is 0 Å². The Hall–Kier alpha value is -2.58. The van der Waals surface area contributed by atoms with Gasteiger partial charge in [-0.05, 0) is 71.0 Å². The highest BCUT2D eigenvalue weighted by Crippen LogP contribution is 2.38. The van der Waals surface area contributed by atoms with Gasteiger partial charge in [0.15, 0.2) is 0 Å². The lowest BCUT2D eigenvalue weighted by molar-refractivity contribution is 0.318. The Kier molecular flexibility index (Phi) is 4.77. The fraction of sp³-hybridized carbons (Fsp3) is 0.250. The van der Waals surface area contributed by atoms with Crippen LogP contribution in [0, 0.1) is 0 Å². The summed E-state index contributed by atoms with van der Waals surface area (Å²) in [4.78, 5) is 0. The average Bonchev–Trinajstić information content (AvgIpc) is 3.22. The second kappa shape index (κ2) is 7.35. The van der Waals surface area contributed by atoms with E-state index in [1.165, 1.54) is 39.1 Å². The Morgan fingerprint density at radius 3 is 2.54 bits per heavy atom. The Labute approximate surface area is 154 Å². The smallest absolute Gasteiger partial charge is 0.107 e. The lowest BCUT2D eigenvalue weighted by Gasteiger charge is -2.25. The summed E-state index contributed by atoms with van der Waals surface area (Å²) in [7, 11) is 0. The topological polar surface area (TPSA) is 33.4 Å². The number of hydrogen-bond acceptors (Lipinski definition) is 2. The first-order chi connectivity index (χ1) is 12.8. The van der Waals surface area contributed by atoms with Crippen LogP contribution >= 0.6 is 0 Å². The predicted molar refractivity (Wildman–Crippen MR) is 108 cm³/mol. The molecular formula is C24H24O2. The number of hydrogen-bond donors (Lipinski definition) is 1. The fourth-order valence-electron chi connectivity index (χ4n) is 4.13. The molecule has 5 rings (SSSR count).